The molecule has 1 saturated heterocycles. The van der Waals surface area contributed by atoms with Crippen LogP contribution in [0.5, 0.6) is 0 Å². The van der Waals surface area contributed by atoms with Crippen LogP contribution in [0.3, 0.4) is 0 Å². The minimum absolute atomic E-state index is 0.132. The van der Waals surface area contributed by atoms with Gasteiger partial charge < -0.3 is 19.7 Å². The van der Waals surface area contributed by atoms with Gasteiger partial charge in [-0.05, 0) is 17.5 Å². The van der Waals surface area contributed by atoms with Crippen molar-refractivity contribution in [2.75, 3.05) is 19.8 Å². The molecule has 2 N–H and O–H groups in total. The van der Waals surface area contributed by atoms with E-state index in [9.17, 15) is 10.2 Å². The number of aliphatic hydroxyl groups is 2. The normalized spacial score (nSPS) is 18.5. The highest BCUT2D eigenvalue weighted by Gasteiger charge is 2.26. The molecule has 0 aromatic heterocycles. The number of azide groups is 1. The molecule has 1 aliphatic heterocycles. The van der Waals surface area contributed by atoms with E-state index in [0.717, 1.165) is 0 Å². The van der Waals surface area contributed by atoms with Gasteiger partial charge in [0.2, 0.25) is 0 Å². The number of rotatable bonds is 6. The zero-order chi connectivity index (χ0) is 14.4. The van der Waals surface area contributed by atoms with Crippen LogP contribution < -0.4 is 0 Å². The van der Waals surface area contributed by atoms with Crippen LogP contribution in [0.25, 0.3) is 10.4 Å². The maximum atomic E-state index is 10.2. The van der Waals surface area contributed by atoms with Gasteiger partial charge in [0.05, 0.1) is 19.3 Å². The summed E-state index contributed by atoms with van der Waals surface area (Å²) in [5, 5.41) is 23.5. The Balaban J connectivity index is 2.12. The molecule has 1 aromatic rings. The van der Waals surface area contributed by atoms with Gasteiger partial charge in [-0.3, -0.25) is 0 Å². The van der Waals surface area contributed by atoms with E-state index in [1.165, 1.54) is 0 Å². The molecular formula is C13H17N3O4. The van der Waals surface area contributed by atoms with E-state index in [1.54, 1.807) is 18.2 Å². The summed E-state index contributed by atoms with van der Waals surface area (Å²) in [6, 6.07) is 7.12. The summed E-state index contributed by atoms with van der Waals surface area (Å²) in [6.45, 7) is 1.15. The Morgan fingerprint density at radius 1 is 1.30 bits per heavy atom. The lowest BCUT2D eigenvalue weighted by molar-refractivity contribution is -0.0487. The fourth-order valence-electron chi connectivity index (χ4n) is 2.13. The highest BCUT2D eigenvalue weighted by atomic mass is 16.7. The molecule has 7 nitrogen and oxygen atoms in total. The van der Waals surface area contributed by atoms with E-state index in [4.69, 9.17) is 15.0 Å². The summed E-state index contributed by atoms with van der Waals surface area (Å²) in [6.07, 6.45) is -2.41. The Labute approximate surface area is 116 Å². The van der Waals surface area contributed by atoms with Gasteiger partial charge in [-0.1, -0.05) is 29.4 Å². The molecule has 0 aliphatic carbocycles. The molecule has 2 unspecified atom stereocenters. The van der Waals surface area contributed by atoms with Crippen LogP contribution in [0.1, 0.15) is 29.9 Å². The minimum atomic E-state index is -1.08. The van der Waals surface area contributed by atoms with E-state index in [2.05, 4.69) is 10.0 Å². The molecule has 20 heavy (non-hydrogen) atoms. The van der Waals surface area contributed by atoms with Gasteiger partial charge in [-0.25, -0.2) is 0 Å². The Hall–Kier alpha value is -1.63. The summed E-state index contributed by atoms with van der Waals surface area (Å²) in [4.78, 5) is 2.61. The minimum Gasteiger partial charge on any atom is -0.390 e. The van der Waals surface area contributed by atoms with E-state index >= 15 is 0 Å². The van der Waals surface area contributed by atoms with Gasteiger partial charge >= 0.3 is 0 Å². The van der Waals surface area contributed by atoms with Gasteiger partial charge in [0.1, 0.15) is 6.10 Å². The van der Waals surface area contributed by atoms with Crippen molar-refractivity contribution in [1.82, 2.24) is 0 Å². The highest BCUT2D eigenvalue weighted by Crippen LogP contribution is 2.31. The first-order valence-corrected chi connectivity index (χ1v) is 6.43. The number of hydrogen-bond donors (Lipinski definition) is 2. The first kappa shape index (κ1) is 14.8. The fraction of sp³-hybridized carbons (Fsp3) is 0.538. The average Bonchev–Trinajstić information content (AvgIpc) is 3.00. The molecule has 108 valence electrons. The van der Waals surface area contributed by atoms with E-state index in [1.807, 2.05) is 6.07 Å². The van der Waals surface area contributed by atoms with Gasteiger partial charge in [0.25, 0.3) is 0 Å². The Morgan fingerprint density at radius 2 is 2.00 bits per heavy atom. The Kier molecular flexibility index (Phi) is 5.34. The molecule has 7 heteroatoms. The van der Waals surface area contributed by atoms with Crippen LogP contribution >= 0.6 is 0 Å². The van der Waals surface area contributed by atoms with E-state index in [-0.39, 0.29) is 13.0 Å². The number of hydrogen-bond acceptors (Lipinski definition) is 5. The number of aliphatic hydroxyl groups excluding tert-OH is 2. The summed E-state index contributed by atoms with van der Waals surface area (Å²) in [5.41, 5.74) is 9.48. The predicted molar refractivity (Wildman–Crippen MR) is 70.7 cm³/mol. The van der Waals surface area contributed by atoms with Crippen LogP contribution in [-0.2, 0) is 9.47 Å². The lowest BCUT2D eigenvalue weighted by Crippen LogP contribution is -2.21. The SMILES string of the molecule is [N-]=[N+]=NCCC(O)C(O)c1ccccc1C1OCCO1. The van der Waals surface area contributed by atoms with E-state index in [0.29, 0.717) is 24.3 Å². The third-order valence-corrected chi connectivity index (χ3v) is 3.14. The lowest BCUT2D eigenvalue weighted by Gasteiger charge is -2.22. The molecule has 1 fully saturated rings. The molecule has 2 rings (SSSR count). The van der Waals surface area contributed by atoms with Gasteiger partial charge in [-0.2, -0.15) is 0 Å². The second kappa shape index (κ2) is 7.23. The summed E-state index contributed by atoms with van der Waals surface area (Å²) in [5.74, 6) is 0. The Morgan fingerprint density at radius 3 is 2.70 bits per heavy atom. The molecule has 0 radical (unpaired) electrons. The van der Waals surface area contributed by atoms with Crippen molar-refractivity contribution in [1.29, 1.82) is 0 Å². The first-order chi connectivity index (χ1) is 9.74. The number of nitrogens with zero attached hydrogens (tertiary/aromatic N) is 3. The zero-order valence-corrected chi connectivity index (χ0v) is 10.9. The van der Waals surface area contributed by atoms with Crippen LogP contribution in [0, 0.1) is 0 Å². The molecule has 0 spiro atoms. The molecule has 1 aromatic carbocycles. The second-order valence-corrected chi connectivity index (χ2v) is 4.46. The van der Waals surface area contributed by atoms with Gasteiger partial charge in [0.15, 0.2) is 6.29 Å². The van der Waals surface area contributed by atoms with Crippen LogP contribution in [0.4, 0.5) is 0 Å². The third-order valence-electron chi connectivity index (χ3n) is 3.14. The lowest BCUT2D eigenvalue weighted by atomic mass is 9.97. The van der Waals surface area contributed by atoms with Gasteiger partial charge in [-0.15, -0.1) is 0 Å². The van der Waals surface area contributed by atoms with Crippen LogP contribution in [0.15, 0.2) is 29.4 Å². The topological polar surface area (TPSA) is 108 Å². The van der Waals surface area contributed by atoms with Crippen molar-refractivity contribution in [2.45, 2.75) is 24.9 Å². The smallest absolute Gasteiger partial charge is 0.184 e. The maximum Gasteiger partial charge on any atom is 0.184 e. The largest absolute Gasteiger partial charge is 0.390 e. The quantitative estimate of drug-likeness (QED) is 0.470. The van der Waals surface area contributed by atoms with Crippen molar-refractivity contribution in [2.24, 2.45) is 5.11 Å². The van der Waals surface area contributed by atoms with Crippen molar-refractivity contribution in [3.8, 4) is 0 Å². The predicted octanol–water partition coefficient (Wildman–Crippen LogP) is 1.83. The second-order valence-electron chi connectivity index (χ2n) is 4.46. The number of benzene rings is 1. The zero-order valence-electron chi connectivity index (χ0n) is 10.9. The van der Waals surface area contributed by atoms with Crippen molar-refractivity contribution < 1.29 is 19.7 Å². The molecule has 0 amide bonds. The summed E-state index contributed by atoms with van der Waals surface area (Å²) >= 11 is 0. The van der Waals surface area contributed by atoms with Crippen LogP contribution in [-0.4, -0.2) is 36.1 Å². The van der Waals surface area contributed by atoms with Crippen molar-refractivity contribution >= 4 is 0 Å². The molecule has 2 atom stereocenters. The monoisotopic (exact) mass is 279 g/mol. The molecule has 0 bridgehead atoms. The van der Waals surface area contributed by atoms with Crippen LogP contribution in [0.2, 0.25) is 0 Å². The molecule has 1 aliphatic rings. The van der Waals surface area contributed by atoms with Crippen molar-refractivity contribution in [3.63, 3.8) is 0 Å². The Bertz CT molecular complexity index is 484. The van der Waals surface area contributed by atoms with E-state index < -0.39 is 18.5 Å². The fourth-order valence-corrected chi connectivity index (χ4v) is 2.13. The summed E-state index contributed by atoms with van der Waals surface area (Å²) in [7, 11) is 0. The summed E-state index contributed by atoms with van der Waals surface area (Å²) < 4.78 is 10.9. The van der Waals surface area contributed by atoms with Gasteiger partial charge in [0, 0.05) is 17.0 Å². The third kappa shape index (κ3) is 3.47. The molecule has 1 heterocycles. The average molecular weight is 279 g/mol. The first-order valence-electron chi connectivity index (χ1n) is 6.43. The molecule has 0 saturated carbocycles. The standard InChI is InChI=1S/C13H17N3O4/c14-16-15-6-5-11(17)12(18)9-3-1-2-4-10(9)13-19-7-8-20-13/h1-4,11-13,17-18H,5-8H2. The van der Waals surface area contributed by atoms with Crippen molar-refractivity contribution in [3.05, 3.63) is 45.8 Å². The number of ether oxygens (including phenoxy) is 2. The highest BCUT2D eigenvalue weighted by molar-refractivity contribution is 5.31. The maximum absolute atomic E-state index is 10.2. The molecular weight excluding hydrogens is 262 g/mol.